The summed E-state index contributed by atoms with van der Waals surface area (Å²) >= 11 is 1.14. The molecule has 1 unspecified atom stereocenters. The number of nitrogens with one attached hydrogen (secondary N) is 1. The van der Waals surface area contributed by atoms with Crippen LogP contribution in [-0.4, -0.2) is 33.2 Å². The molecule has 1 atom stereocenters. The summed E-state index contributed by atoms with van der Waals surface area (Å²) in [5.74, 6) is -0.241. The second-order valence-corrected chi connectivity index (χ2v) is 3.29. The Balaban J connectivity index is 2.27. The van der Waals surface area contributed by atoms with Crippen molar-refractivity contribution in [3.05, 3.63) is 11.1 Å². The molecule has 5 nitrogen and oxygen atoms in total. The number of amides is 1. The van der Waals surface area contributed by atoms with Crippen LogP contribution in [0.5, 0.6) is 0 Å². The van der Waals surface area contributed by atoms with Crippen molar-refractivity contribution in [1.29, 1.82) is 0 Å². The number of rotatable bonds is 4. The number of aromatic nitrogens is 2. The Morgan fingerprint density at radius 1 is 1.85 bits per heavy atom. The second kappa shape index (κ2) is 4.88. The van der Waals surface area contributed by atoms with E-state index in [9.17, 15) is 4.79 Å². The third-order valence-electron chi connectivity index (χ3n) is 1.44. The SMILES string of the molecule is CC(O)CCNC(=O)c1csnn1. The number of hydrogen-bond acceptors (Lipinski definition) is 5. The van der Waals surface area contributed by atoms with Crippen LogP contribution >= 0.6 is 11.5 Å². The Bertz CT molecular complexity index is 261. The summed E-state index contributed by atoms with van der Waals surface area (Å²) in [6.07, 6.45) is 0.150. The van der Waals surface area contributed by atoms with Crippen LogP contribution in [0.25, 0.3) is 0 Å². The van der Waals surface area contributed by atoms with Gasteiger partial charge >= 0.3 is 0 Å². The molecular weight excluding hydrogens is 190 g/mol. The van der Waals surface area contributed by atoms with Gasteiger partial charge in [-0.3, -0.25) is 4.79 Å². The highest BCUT2D eigenvalue weighted by molar-refractivity contribution is 7.03. The van der Waals surface area contributed by atoms with Crippen LogP contribution in [0.15, 0.2) is 5.38 Å². The van der Waals surface area contributed by atoms with Crippen LogP contribution in [0.1, 0.15) is 23.8 Å². The fourth-order valence-electron chi connectivity index (χ4n) is 0.749. The summed E-state index contributed by atoms with van der Waals surface area (Å²) in [4.78, 5) is 11.2. The van der Waals surface area contributed by atoms with Crippen molar-refractivity contribution in [3.63, 3.8) is 0 Å². The Hall–Kier alpha value is -1.01. The van der Waals surface area contributed by atoms with Gasteiger partial charge in [0.05, 0.1) is 6.10 Å². The number of carbonyl (C=O) groups excluding carboxylic acids is 1. The summed E-state index contributed by atoms with van der Waals surface area (Å²) < 4.78 is 3.57. The van der Waals surface area contributed by atoms with Crippen molar-refractivity contribution in [2.24, 2.45) is 0 Å². The van der Waals surface area contributed by atoms with E-state index in [0.717, 1.165) is 11.5 Å². The lowest BCUT2D eigenvalue weighted by Crippen LogP contribution is -2.26. The molecule has 1 aromatic rings. The van der Waals surface area contributed by atoms with E-state index < -0.39 is 6.10 Å². The van der Waals surface area contributed by atoms with Gasteiger partial charge in [0, 0.05) is 11.9 Å². The lowest BCUT2D eigenvalue weighted by atomic mass is 10.3. The largest absolute Gasteiger partial charge is 0.393 e. The second-order valence-electron chi connectivity index (χ2n) is 2.68. The van der Waals surface area contributed by atoms with Gasteiger partial charge in [-0.05, 0) is 24.9 Å². The molecule has 1 rings (SSSR count). The van der Waals surface area contributed by atoms with Crippen LogP contribution < -0.4 is 5.32 Å². The number of hydrogen-bond donors (Lipinski definition) is 2. The Morgan fingerprint density at radius 3 is 3.15 bits per heavy atom. The molecular formula is C7H11N3O2S. The molecule has 1 amide bonds. The summed E-state index contributed by atoms with van der Waals surface area (Å²) in [6.45, 7) is 2.13. The first-order valence-electron chi connectivity index (χ1n) is 3.93. The Morgan fingerprint density at radius 2 is 2.62 bits per heavy atom. The zero-order valence-electron chi connectivity index (χ0n) is 7.23. The van der Waals surface area contributed by atoms with Crippen LogP contribution in [0.4, 0.5) is 0 Å². The molecule has 0 spiro atoms. The monoisotopic (exact) mass is 201 g/mol. The molecule has 0 aliphatic carbocycles. The highest BCUT2D eigenvalue weighted by Crippen LogP contribution is 1.96. The van der Waals surface area contributed by atoms with E-state index in [0.29, 0.717) is 18.7 Å². The van der Waals surface area contributed by atoms with Crippen LogP contribution in [0.2, 0.25) is 0 Å². The van der Waals surface area contributed by atoms with E-state index in [-0.39, 0.29) is 5.91 Å². The third-order valence-corrected chi connectivity index (χ3v) is 1.94. The molecule has 13 heavy (non-hydrogen) atoms. The average Bonchev–Trinajstić information content (AvgIpc) is 2.55. The minimum Gasteiger partial charge on any atom is -0.393 e. The summed E-state index contributed by atoms with van der Waals surface area (Å²) in [5.41, 5.74) is 0.329. The van der Waals surface area contributed by atoms with Gasteiger partial charge in [-0.1, -0.05) is 4.49 Å². The van der Waals surface area contributed by atoms with Crippen molar-refractivity contribution in [1.82, 2.24) is 14.9 Å². The van der Waals surface area contributed by atoms with Crippen LogP contribution in [-0.2, 0) is 0 Å². The van der Waals surface area contributed by atoms with Gasteiger partial charge in [-0.2, -0.15) is 0 Å². The van der Waals surface area contributed by atoms with Crippen LogP contribution in [0.3, 0.4) is 0 Å². The maximum atomic E-state index is 11.2. The predicted molar refractivity (Wildman–Crippen MR) is 48.5 cm³/mol. The fraction of sp³-hybridized carbons (Fsp3) is 0.571. The lowest BCUT2D eigenvalue weighted by Gasteiger charge is -2.04. The summed E-state index contributed by atoms with van der Waals surface area (Å²) in [6, 6.07) is 0. The standard InChI is InChI=1S/C7H11N3O2S/c1-5(11)2-3-8-7(12)6-4-13-10-9-6/h4-5,11H,2-3H2,1H3,(H,8,12). The molecule has 0 aliphatic heterocycles. The highest BCUT2D eigenvalue weighted by Gasteiger charge is 2.07. The highest BCUT2D eigenvalue weighted by atomic mass is 32.1. The van der Waals surface area contributed by atoms with Crippen molar-refractivity contribution in [2.45, 2.75) is 19.4 Å². The molecule has 0 saturated carbocycles. The van der Waals surface area contributed by atoms with E-state index in [1.807, 2.05) is 0 Å². The van der Waals surface area contributed by atoms with Gasteiger partial charge in [0.25, 0.3) is 5.91 Å². The normalized spacial score (nSPS) is 12.5. The first-order valence-corrected chi connectivity index (χ1v) is 4.77. The molecule has 72 valence electrons. The van der Waals surface area contributed by atoms with Crippen molar-refractivity contribution >= 4 is 17.4 Å². The minimum atomic E-state index is -0.395. The van der Waals surface area contributed by atoms with Gasteiger partial charge in [0.15, 0.2) is 5.69 Å². The van der Waals surface area contributed by atoms with E-state index in [1.54, 1.807) is 12.3 Å². The quantitative estimate of drug-likeness (QED) is 0.721. The zero-order chi connectivity index (χ0) is 9.68. The van der Waals surface area contributed by atoms with Gasteiger partial charge < -0.3 is 10.4 Å². The van der Waals surface area contributed by atoms with E-state index in [1.165, 1.54) is 0 Å². The smallest absolute Gasteiger partial charge is 0.272 e. The average molecular weight is 201 g/mol. The van der Waals surface area contributed by atoms with Crippen LogP contribution in [0, 0.1) is 0 Å². The van der Waals surface area contributed by atoms with Gasteiger partial charge in [-0.25, -0.2) is 0 Å². The lowest BCUT2D eigenvalue weighted by molar-refractivity contribution is 0.0940. The number of aliphatic hydroxyl groups is 1. The predicted octanol–water partition coefficient (Wildman–Crippen LogP) is 0.0388. The zero-order valence-corrected chi connectivity index (χ0v) is 8.04. The molecule has 1 heterocycles. The Kier molecular flexibility index (Phi) is 3.78. The summed E-state index contributed by atoms with van der Waals surface area (Å²) in [7, 11) is 0. The number of nitrogens with zero attached hydrogens (tertiary/aromatic N) is 2. The minimum absolute atomic E-state index is 0.241. The maximum Gasteiger partial charge on any atom is 0.272 e. The molecule has 0 fully saturated rings. The maximum absolute atomic E-state index is 11.2. The molecule has 1 aromatic heterocycles. The van der Waals surface area contributed by atoms with Crippen molar-refractivity contribution in [3.8, 4) is 0 Å². The summed E-state index contributed by atoms with van der Waals surface area (Å²) in [5, 5.41) is 16.7. The van der Waals surface area contributed by atoms with Gasteiger partial charge in [0.2, 0.25) is 0 Å². The van der Waals surface area contributed by atoms with E-state index in [4.69, 9.17) is 5.11 Å². The molecule has 0 aromatic carbocycles. The van der Waals surface area contributed by atoms with Crippen molar-refractivity contribution < 1.29 is 9.90 Å². The third kappa shape index (κ3) is 3.47. The first kappa shape index (κ1) is 10.1. The van der Waals surface area contributed by atoms with Gasteiger partial charge in [0.1, 0.15) is 0 Å². The molecule has 2 N–H and O–H groups in total. The first-order chi connectivity index (χ1) is 6.20. The topological polar surface area (TPSA) is 75.1 Å². The van der Waals surface area contributed by atoms with E-state index >= 15 is 0 Å². The molecule has 0 aliphatic rings. The number of aliphatic hydroxyl groups excluding tert-OH is 1. The molecule has 0 radical (unpaired) electrons. The Labute approximate surface area is 80.0 Å². The van der Waals surface area contributed by atoms with Gasteiger partial charge in [-0.15, -0.1) is 5.10 Å². The van der Waals surface area contributed by atoms with Crippen molar-refractivity contribution in [2.75, 3.05) is 6.54 Å². The van der Waals surface area contributed by atoms with E-state index in [2.05, 4.69) is 14.9 Å². The number of carbonyl (C=O) groups is 1. The fourth-order valence-corrected chi connectivity index (χ4v) is 1.18. The molecule has 0 bridgehead atoms. The molecule has 6 heteroatoms. The molecule has 0 saturated heterocycles.